The van der Waals surface area contributed by atoms with E-state index in [1.165, 1.54) is 5.56 Å². The van der Waals surface area contributed by atoms with Gasteiger partial charge in [-0.3, -0.25) is 0 Å². The quantitative estimate of drug-likeness (QED) is 0.548. The van der Waals surface area contributed by atoms with E-state index in [0.29, 0.717) is 5.57 Å². The minimum Gasteiger partial charge on any atom is -0.193 e. The number of nitrogens with zero attached hydrogens (tertiary/aromatic N) is 1. The first-order valence-corrected chi connectivity index (χ1v) is 5.09. The van der Waals surface area contributed by atoms with Crippen molar-refractivity contribution in [2.24, 2.45) is 0 Å². The number of aryl methyl sites for hydroxylation is 1. The molecule has 1 aromatic rings. The van der Waals surface area contributed by atoms with Gasteiger partial charge in [-0.05, 0) is 23.6 Å². The van der Waals surface area contributed by atoms with Gasteiger partial charge in [0, 0.05) is 5.57 Å². The molecule has 1 nitrogen and oxygen atoms in total. The van der Waals surface area contributed by atoms with E-state index in [1.807, 2.05) is 18.2 Å². The van der Waals surface area contributed by atoms with Crippen LogP contribution in [0.25, 0.3) is 6.08 Å². The van der Waals surface area contributed by atoms with Crippen LogP contribution in [-0.4, -0.2) is 5.88 Å². The van der Waals surface area contributed by atoms with E-state index < -0.39 is 0 Å². The largest absolute Gasteiger partial charge is 0.193 e. The Morgan fingerprint density at radius 2 is 2.07 bits per heavy atom. The highest BCUT2D eigenvalue weighted by Gasteiger charge is 1.94. The third-order valence-electron chi connectivity index (χ3n) is 2.02. The molecule has 1 rings (SSSR count). The molecule has 72 valence electrons. The molecule has 0 saturated carbocycles. The van der Waals surface area contributed by atoms with Crippen molar-refractivity contribution >= 4 is 17.7 Å². The Bertz CT molecular complexity index is 357. The van der Waals surface area contributed by atoms with Crippen molar-refractivity contribution in [2.45, 2.75) is 13.3 Å². The van der Waals surface area contributed by atoms with Crippen LogP contribution in [0.15, 0.2) is 29.8 Å². The molecule has 0 aliphatic heterocycles. The third-order valence-corrected chi connectivity index (χ3v) is 2.30. The molecule has 2 heteroatoms. The van der Waals surface area contributed by atoms with Gasteiger partial charge in [-0.2, -0.15) is 5.26 Å². The molecule has 0 N–H and O–H groups in total. The zero-order valence-electron chi connectivity index (χ0n) is 8.13. The fourth-order valence-electron chi connectivity index (χ4n) is 1.15. The van der Waals surface area contributed by atoms with E-state index in [2.05, 4.69) is 25.1 Å². The summed E-state index contributed by atoms with van der Waals surface area (Å²) in [7, 11) is 0. The molecule has 0 aliphatic rings. The number of nitriles is 1. The van der Waals surface area contributed by atoms with Gasteiger partial charge in [0.05, 0.1) is 11.9 Å². The maximum absolute atomic E-state index is 8.69. The maximum atomic E-state index is 8.69. The van der Waals surface area contributed by atoms with Crippen molar-refractivity contribution in [3.8, 4) is 6.07 Å². The van der Waals surface area contributed by atoms with E-state index in [-0.39, 0.29) is 5.88 Å². The summed E-state index contributed by atoms with van der Waals surface area (Å²) in [4.78, 5) is 0. The molecule has 0 bridgehead atoms. The van der Waals surface area contributed by atoms with Gasteiger partial charge < -0.3 is 0 Å². The Kier molecular flexibility index (Phi) is 4.22. The molecule has 0 heterocycles. The van der Waals surface area contributed by atoms with Crippen LogP contribution < -0.4 is 0 Å². The van der Waals surface area contributed by atoms with Gasteiger partial charge in [-0.1, -0.05) is 31.2 Å². The molecule has 0 unspecified atom stereocenters. The Balaban J connectivity index is 2.88. The van der Waals surface area contributed by atoms with Crippen LogP contribution in [0.3, 0.4) is 0 Å². The summed E-state index contributed by atoms with van der Waals surface area (Å²) in [5, 5.41) is 8.69. The number of allylic oxidation sites excluding steroid dienone is 1. The van der Waals surface area contributed by atoms with Gasteiger partial charge in [-0.15, -0.1) is 11.6 Å². The molecule has 0 atom stereocenters. The zero-order valence-corrected chi connectivity index (χ0v) is 8.88. The van der Waals surface area contributed by atoms with Crippen LogP contribution in [0.4, 0.5) is 0 Å². The second kappa shape index (κ2) is 5.47. The molecule has 14 heavy (non-hydrogen) atoms. The molecular weight excluding hydrogens is 194 g/mol. The number of rotatable bonds is 3. The lowest BCUT2D eigenvalue weighted by molar-refractivity contribution is 1.14. The predicted molar refractivity (Wildman–Crippen MR) is 60.1 cm³/mol. The van der Waals surface area contributed by atoms with E-state index in [1.54, 1.807) is 0 Å². The maximum Gasteiger partial charge on any atom is 0.0960 e. The summed E-state index contributed by atoms with van der Waals surface area (Å²) in [5.74, 6) is 0.270. The first kappa shape index (κ1) is 10.8. The lowest BCUT2D eigenvalue weighted by atomic mass is 10.1. The molecule has 0 saturated heterocycles. The SMILES string of the molecule is CCc1ccc(/C=C(\C#N)CCl)cc1. The van der Waals surface area contributed by atoms with Gasteiger partial charge in [0.25, 0.3) is 0 Å². The average molecular weight is 206 g/mol. The highest BCUT2D eigenvalue weighted by Crippen LogP contribution is 2.10. The number of halogens is 1. The topological polar surface area (TPSA) is 23.8 Å². The second-order valence-corrected chi connectivity index (χ2v) is 3.28. The van der Waals surface area contributed by atoms with E-state index in [0.717, 1.165) is 12.0 Å². The van der Waals surface area contributed by atoms with Gasteiger partial charge in [0.2, 0.25) is 0 Å². The Morgan fingerprint density at radius 1 is 1.43 bits per heavy atom. The van der Waals surface area contributed by atoms with E-state index in [4.69, 9.17) is 16.9 Å². The summed E-state index contributed by atoms with van der Waals surface area (Å²) in [6, 6.07) is 10.2. The van der Waals surface area contributed by atoms with Gasteiger partial charge in [0.1, 0.15) is 0 Å². The number of hydrogen-bond donors (Lipinski definition) is 0. The zero-order chi connectivity index (χ0) is 10.4. The van der Waals surface area contributed by atoms with Gasteiger partial charge in [-0.25, -0.2) is 0 Å². The summed E-state index contributed by atoms with van der Waals surface area (Å²) in [5.41, 5.74) is 2.92. The molecular formula is C12H12ClN. The first-order valence-electron chi connectivity index (χ1n) is 4.55. The van der Waals surface area contributed by atoms with Gasteiger partial charge in [0.15, 0.2) is 0 Å². The fourth-order valence-corrected chi connectivity index (χ4v) is 1.29. The second-order valence-electron chi connectivity index (χ2n) is 3.01. The van der Waals surface area contributed by atoms with Gasteiger partial charge >= 0.3 is 0 Å². The van der Waals surface area contributed by atoms with E-state index in [9.17, 15) is 0 Å². The van der Waals surface area contributed by atoms with Crippen molar-refractivity contribution in [3.05, 3.63) is 41.0 Å². The highest BCUT2D eigenvalue weighted by molar-refractivity contribution is 6.20. The first-order chi connectivity index (χ1) is 6.80. The molecule has 0 fully saturated rings. The van der Waals surface area contributed by atoms with Crippen LogP contribution in [0.1, 0.15) is 18.1 Å². The molecule has 0 radical (unpaired) electrons. The number of hydrogen-bond acceptors (Lipinski definition) is 1. The minimum atomic E-state index is 0.270. The van der Waals surface area contributed by atoms with Crippen molar-refractivity contribution in [1.29, 1.82) is 5.26 Å². The minimum absolute atomic E-state index is 0.270. The number of benzene rings is 1. The summed E-state index contributed by atoms with van der Waals surface area (Å²) < 4.78 is 0. The monoisotopic (exact) mass is 205 g/mol. The Morgan fingerprint density at radius 3 is 2.50 bits per heavy atom. The predicted octanol–water partition coefficient (Wildman–Crippen LogP) is 3.39. The summed E-state index contributed by atoms with van der Waals surface area (Å²) in [6.45, 7) is 2.12. The Labute approximate surface area is 89.6 Å². The fraction of sp³-hybridized carbons (Fsp3) is 0.250. The van der Waals surface area contributed by atoms with Crippen LogP contribution in [0, 0.1) is 11.3 Å². The molecule has 0 aliphatic carbocycles. The van der Waals surface area contributed by atoms with Crippen LogP contribution >= 0.6 is 11.6 Å². The van der Waals surface area contributed by atoms with Crippen LogP contribution in [0.5, 0.6) is 0 Å². The van der Waals surface area contributed by atoms with Crippen molar-refractivity contribution < 1.29 is 0 Å². The van der Waals surface area contributed by atoms with Crippen molar-refractivity contribution in [3.63, 3.8) is 0 Å². The molecule has 0 spiro atoms. The molecule has 1 aromatic carbocycles. The Hall–Kier alpha value is -1.26. The van der Waals surface area contributed by atoms with Crippen molar-refractivity contribution in [1.82, 2.24) is 0 Å². The van der Waals surface area contributed by atoms with Crippen LogP contribution in [0.2, 0.25) is 0 Å². The lowest BCUT2D eigenvalue weighted by Crippen LogP contribution is -1.82. The smallest absolute Gasteiger partial charge is 0.0960 e. The van der Waals surface area contributed by atoms with E-state index >= 15 is 0 Å². The summed E-state index contributed by atoms with van der Waals surface area (Å²) in [6.07, 6.45) is 2.84. The molecule has 0 aromatic heterocycles. The third kappa shape index (κ3) is 2.90. The standard InChI is InChI=1S/C12H12ClN/c1-2-10-3-5-11(6-4-10)7-12(8-13)9-14/h3-7H,2,8H2,1H3/b12-7-. The number of alkyl halides is 1. The highest BCUT2D eigenvalue weighted by atomic mass is 35.5. The normalized spacial score (nSPS) is 11.1. The van der Waals surface area contributed by atoms with Crippen molar-refractivity contribution in [2.75, 3.05) is 5.88 Å². The summed E-state index contributed by atoms with van der Waals surface area (Å²) >= 11 is 5.59. The average Bonchev–Trinajstić information content (AvgIpc) is 2.26. The lowest BCUT2D eigenvalue weighted by Gasteiger charge is -1.97. The van der Waals surface area contributed by atoms with Crippen LogP contribution in [-0.2, 0) is 6.42 Å². The molecule has 0 amide bonds.